The van der Waals surface area contributed by atoms with Crippen LogP contribution < -0.4 is 0 Å². The number of phenolic OH excluding ortho intramolecular Hbond substituents is 1. The molecule has 0 amide bonds. The van der Waals surface area contributed by atoms with Crippen LogP contribution in [0, 0.1) is 0 Å². The third-order valence-corrected chi connectivity index (χ3v) is 2.38. The highest BCUT2D eigenvalue weighted by Gasteiger charge is 2.28. The highest BCUT2D eigenvalue weighted by atomic mass is 35.5. The lowest BCUT2D eigenvalue weighted by Gasteiger charge is -2.17. The van der Waals surface area contributed by atoms with Crippen molar-refractivity contribution >= 4 is 17.6 Å². The summed E-state index contributed by atoms with van der Waals surface area (Å²) >= 11 is 5.75. The number of carbonyl (C=O) groups is 1. The van der Waals surface area contributed by atoms with Crippen LogP contribution in [0.4, 0.5) is 0 Å². The molecule has 2 atom stereocenters. The zero-order valence-corrected chi connectivity index (χ0v) is 9.18. The Morgan fingerprint density at radius 2 is 2.06 bits per heavy atom. The number of carbonyl (C=O) groups excluding carboxylic acids is 1. The van der Waals surface area contributed by atoms with Crippen LogP contribution in [0.5, 0.6) is 5.75 Å². The van der Waals surface area contributed by atoms with Gasteiger partial charge in [0.05, 0.1) is 7.11 Å². The van der Waals surface area contributed by atoms with E-state index in [0.717, 1.165) is 7.11 Å². The van der Waals surface area contributed by atoms with Crippen molar-refractivity contribution in [1.82, 2.24) is 0 Å². The first-order valence-corrected chi connectivity index (χ1v) is 4.77. The maximum absolute atomic E-state index is 11.0. The number of benzene rings is 1. The monoisotopic (exact) mass is 246 g/mol. The number of hydrogen-bond acceptors (Lipinski definition) is 5. The quantitative estimate of drug-likeness (QED) is 0.681. The van der Waals surface area contributed by atoms with Gasteiger partial charge in [0.15, 0.2) is 6.10 Å². The molecule has 16 heavy (non-hydrogen) atoms. The fraction of sp³-hybridized carbons (Fsp3) is 0.300. The van der Waals surface area contributed by atoms with Crippen molar-refractivity contribution < 1.29 is 24.9 Å². The molecule has 0 aliphatic carbocycles. The van der Waals surface area contributed by atoms with E-state index in [0.29, 0.717) is 0 Å². The van der Waals surface area contributed by atoms with Crippen LogP contribution in [0.25, 0.3) is 0 Å². The van der Waals surface area contributed by atoms with E-state index in [4.69, 9.17) is 11.6 Å². The van der Waals surface area contributed by atoms with E-state index in [1.165, 1.54) is 18.2 Å². The minimum atomic E-state index is -1.75. The summed E-state index contributed by atoms with van der Waals surface area (Å²) in [6.07, 6.45) is -3.30. The van der Waals surface area contributed by atoms with Gasteiger partial charge in [0.2, 0.25) is 0 Å². The molecule has 6 heteroatoms. The Balaban J connectivity index is 2.99. The second kappa shape index (κ2) is 5.16. The van der Waals surface area contributed by atoms with E-state index in [1.54, 1.807) is 0 Å². The zero-order chi connectivity index (χ0) is 12.3. The van der Waals surface area contributed by atoms with E-state index in [9.17, 15) is 20.1 Å². The van der Waals surface area contributed by atoms with E-state index in [2.05, 4.69) is 4.74 Å². The van der Waals surface area contributed by atoms with Gasteiger partial charge < -0.3 is 20.1 Å². The van der Waals surface area contributed by atoms with Gasteiger partial charge >= 0.3 is 5.97 Å². The van der Waals surface area contributed by atoms with Crippen molar-refractivity contribution in [2.45, 2.75) is 12.2 Å². The Labute approximate surface area is 96.9 Å². The number of hydrogen-bond donors (Lipinski definition) is 3. The van der Waals surface area contributed by atoms with Crippen molar-refractivity contribution in [3.8, 4) is 5.75 Å². The third kappa shape index (κ3) is 2.63. The topological polar surface area (TPSA) is 87.0 Å². The van der Waals surface area contributed by atoms with E-state index in [1.807, 2.05) is 0 Å². The molecule has 0 fully saturated rings. The fourth-order valence-corrected chi connectivity index (χ4v) is 1.41. The Morgan fingerprint density at radius 1 is 1.44 bits per heavy atom. The number of halogens is 1. The van der Waals surface area contributed by atoms with Crippen molar-refractivity contribution in [3.63, 3.8) is 0 Å². The van der Waals surface area contributed by atoms with E-state index in [-0.39, 0.29) is 16.3 Å². The van der Waals surface area contributed by atoms with Crippen LogP contribution in [-0.4, -0.2) is 34.5 Å². The average molecular weight is 247 g/mol. The van der Waals surface area contributed by atoms with Gasteiger partial charge in [0.25, 0.3) is 0 Å². The number of esters is 1. The van der Waals surface area contributed by atoms with Gasteiger partial charge in [-0.15, -0.1) is 0 Å². The van der Waals surface area contributed by atoms with Crippen molar-refractivity contribution in [2.24, 2.45) is 0 Å². The second-order valence-corrected chi connectivity index (χ2v) is 3.53. The lowest BCUT2D eigenvalue weighted by Crippen LogP contribution is -2.29. The number of methoxy groups -OCH3 is 1. The summed E-state index contributed by atoms with van der Waals surface area (Å²) in [6, 6.07) is 3.83. The molecule has 1 aromatic carbocycles. The van der Waals surface area contributed by atoms with Gasteiger partial charge in [0, 0.05) is 10.6 Å². The second-order valence-electron chi connectivity index (χ2n) is 3.12. The zero-order valence-electron chi connectivity index (χ0n) is 8.42. The number of rotatable bonds is 3. The molecule has 0 radical (unpaired) electrons. The minimum absolute atomic E-state index is 0.0552. The van der Waals surface area contributed by atoms with Crippen molar-refractivity contribution in [2.75, 3.05) is 7.11 Å². The fourth-order valence-electron chi connectivity index (χ4n) is 1.18. The molecule has 0 aliphatic heterocycles. The molecule has 0 spiro atoms. The number of aliphatic hydroxyl groups is 2. The standard InChI is InChI=1S/C10H11ClO5/c1-16-10(15)9(14)8(13)6-4-5(12)2-3-7(6)11/h2-4,8-9,12-14H,1H3. The molecule has 0 saturated carbocycles. The smallest absolute Gasteiger partial charge is 0.337 e. The minimum Gasteiger partial charge on any atom is -0.508 e. The van der Waals surface area contributed by atoms with Crippen LogP contribution in [-0.2, 0) is 9.53 Å². The molecular formula is C10H11ClO5. The molecule has 5 nitrogen and oxygen atoms in total. The maximum Gasteiger partial charge on any atom is 0.337 e. The Bertz CT molecular complexity index is 393. The summed E-state index contributed by atoms with van der Waals surface area (Å²) in [6.45, 7) is 0. The highest BCUT2D eigenvalue weighted by Crippen LogP contribution is 2.28. The largest absolute Gasteiger partial charge is 0.508 e. The van der Waals surface area contributed by atoms with Crippen molar-refractivity contribution in [1.29, 1.82) is 0 Å². The summed E-state index contributed by atoms with van der Waals surface area (Å²) in [7, 11) is 1.09. The molecule has 1 rings (SSSR count). The lowest BCUT2D eigenvalue weighted by molar-refractivity contribution is -0.156. The number of ether oxygens (including phenoxy) is 1. The first-order valence-electron chi connectivity index (χ1n) is 4.39. The molecule has 1 aromatic rings. The highest BCUT2D eigenvalue weighted by molar-refractivity contribution is 6.31. The van der Waals surface area contributed by atoms with Crippen LogP contribution >= 0.6 is 11.6 Å². The normalized spacial score (nSPS) is 14.2. The van der Waals surface area contributed by atoms with Gasteiger partial charge in [-0.25, -0.2) is 4.79 Å². The molecule has 3 N–H and O–H groups in total. The summed E-state index contributed by atoms with van der Waals surface area (Å²) in [5.41, 5.74) is 0.0552. The molecule has 0 aromatic heterocycles. The lowest BCUT2D eigenvalue weighted by atomic mass is 10.0. The number of aliphatic hydroxyl groups excluding tert-OH is 2. The molecular weight excluding hydrogens is 236 g/mol. The number of phenols is 1. The Morgan fingerprint density at radius 3 is 2.62 bits per heavy atom. The molecule has 2 unspecified atom stereocenters. The predicted molar refractivity (Wildman–Crippen MR) is 56.1 cm³/mol. The van der Waals surface area contributed by atoms with Crippen molar-refractivity contribution in [3.05, 3.63) is 28.8 Å². The first-order chi connectivity index (χ1) is 7.47. The maximum atomic E-state index is 11.0. The summed E-state index contributed by atoms with van der Waals surface area (Å²) < 4.78 is 4.27. The molecule has 88 valence electrons. The van der Waals surface area contributed by atoms with Gasteiger partial charge in [0.1, 0.15) is 11.9 Å². The summed E-state index contributed by atoms with van der Waals surface area (Å²) in [4.78, 5) is 11.0. The van der Waals surface area contributed by atoms with Crippen LogP contribution in [0.2, 0.25) is 5.02 Å². The van der Waals surface area contributed by atoms with Gasteiger partial charge in [-0.2, -0.15) is 0 Å². The third-order valence-electron chi connectivity index (χ3n) is 2.04. The molecule has 0 aliphatic rings. The predicted octanol–water partition coefficient (Wildman–Crippen LogP) is 0.613. The van der Waals surface area contributed by atoms with Crippen LogP contribution in [0.1, 0.15) is 11.7 Å². The van der Waals surface area contributed by atoms with Gasteiger partial charge in [-0.05, 0) is 18.2 Å². The SMILES string of the molecule is COC(=O)C(O)C(O)c1cc(O)ccc1Cl. The van der Waals surface area contributed by atoms with Gasteiger partial charge in [-0.3, -0.25) is 0 Å². The average Bonchev–Trinajstić information content (AvgIpc) is 2.29. The number of aromatic hydroxyl groups is 1. The van der Waals surface area contributed by atoms with Crippen LogP contribution in [0.3, 0.4) is 0 Å². The first kappa shape index (κ1) is 12.8. The summed E-state index contributed by atoms with van der Waals surface area (Å²) in [5, 5.41) is 28.4. The Hall–Kier alpha value is -1.30. The van der Waals surface area contributed by atoms with E-state index >= 15 is 0 Å². The summed E-state index contributed by atoms with van der Waals surface area (Å²) in [5.74, 6) is -1.11. The van der Waals surface area contributed by atoms with Gasteiger partial charge in [-0.1, -0.05) is 11.6 Å². The Kier molecular flexibility index (Phi) is 4.12. The van der Waals surface area contributed by atoms with Crippen LogP contribution in [0.15, 0.2) is 18.2 Å². The molecule has 0 heterocycles. The van der Waals surface area contributed by atoms with E-state index < -0.39 is 18.2 Å². The molecule has 0 bridgehead atoms. The molecule has 0 saturated heterocycles.